The zero-order valence-electron chi connectivity index (χ0n) is 20.9. The number of unbranched alkanes of at least 4 members (excludes halogenated alkanes) is 1. The van der Waals surface area contributed by atoms with E-state index in [9.17, 15) is 0 Å². The molecule has 0 atom stereocenters. The second-order valence-corrected chi connectivity index (χ2v) is 21.7. The van der Waals surface area contributed by atoms with Crippen LogP contribution in [0.2, 0.25) is 0 Å². The van der Waals surface area contributed by atoms with Gasteiger partial charge in [0.2, 0.25) is 0 Å². The fraction of sp³-hybridized carbons (Fsp3) is 0.484. The fourth-order valence-corrected chi connectivity index (χ4v) is 15.8. The van der Waals surface area contributed by atoms with Crippen molar-refractivity contribution in [3.8, 4) is 0 Å². The molecule has 1 aromatic carbocycles. The van der Waals surface area contributed by atoms with E-state index in [1.807, 2.05) is 0 Å². The Morgan fingerprint density at radius 1 is 0.939 bits per heavy atom. The molecule has 1 aromatic rings. The molecule has 1 saturated carbocycles. The summed E-state index contributed by atoms with van der Waals surface area (Å²) in [6.07, 6.45) is 23.5. The van der Waals surface area contributed by atoms with Crippen molar-refractivity contribution in [2.45, 2.75) is 55.8 Å². The van der Waals surface area contributed by atoms with Crippen LogP contribution in [0.3, 0.4) is 0 Å². The number of benzene rings is 1. The average Bonchev–Trinajstić information content (AvgIpc) is 2.84. The number of hydrogen-bond donors (Lipinski definition) is 0. The second-order valence-electron chi connectivity index (χ2n) is 9.03. The van der Waals surface area contributed by atoms with E-state index in [1.165, 1.54) is 78.2 Å². The molecule has 1 fully saturated rings. The topological polar surface area (TPSA) is 0 Å². The molecule has 1 aliphatic carbocycles. The van der Waals surface area contributed by atoms with Gasteiger partial charge in [0, 0.05) is 0 Å². The Labute approximate surface area is 219 Å². The van der Waals surface area contributed by atoms with Gasteiger partial charge in [-0.3, -0.25) is 0 Å². The van der Waals surface area contributed by atoms with Crippen LogP contribution in [-0.4, -0.2) is 26.1 Å². The van der Waals surface area contributed by atoms with Gasteiger partial charge in [-0.25, -0.2) is 0 Å². The van der Waals surface area contributed by atoms with Crippen molar-refractivity contribution in [1.82, 2.24) is 0 Å². The molecule has 2 heteroatoms. The molecule has 0 saturated heterocycles. The van der Waals surface area contributed by atoms with Crippen LogP contribution in [0.4, 0.5) is 0 Å². The Morgan fingerprint density at radius 2 is 1.70 bits per heavy atom. The Bertz CT molecular complexity index is 737. The van der Waals surface area contributed by atoms with Crippen LogP contribution in [-0.2, 0) is 0 Å². The van der Waals surface area contributed by atoms with Gasteiger partial charge < -0.3 is 0 Å². The Morgan fingerprint density at radius 3 is 2.36 bits per heavy atom. The minimum absolute atomic E-state index is 0.950. The monoisotopic (exact) mass is 672 g/mol. The van der Waals surface area contributed by atoms with Crippen molar-refractivity contribution < 1.29 is 0 Å². The molecule has 2 rings (SSSR count). The van der Waals surface area contributed by atoms with Gasteiger partial charge >= 0.3 is 221 Å². The molecule has 184 valence electrons. The minimum atomic E-state index is -1.04. The quantitative estimate of drug-likeness (QED) is 0.0540. The molecule has 0 aromatic heterocycles. The van der Waals surface area contributed by atoms with Crippen molar-refractivity contribution >= 4 is 45.7 Å². The molecule has 0 aliphatic heterocycles. The van der Waals surface area contributed by atoms with E-state index >= 15 is 0 Å². The number of rotatable bonds is 16. The average molecular weight is 673 g/mol. The molecule has 1 aliphatic rings. The van der Waals surface area contributed by atoms with E-state index < -0.39 is 39.6 Å². The molecule has 0 radical (unpaired) electrons. The molecule has 33 heavy (non-hydrogen) atoms. The maximum atomic E-state index is 4.18. The van der Waals surface area contributed by atoms with Gasteiger partial charge in [-0.15, -0.1) is 0 Å². The van der Waals surface area contributed by atoms with E-state index in [4.69, 9.17) is 0 Å². The second kappa shape index (κ2) is 17.8. The molecule has 0 N–H and O–H groups in total. The summed E-state index contributed by atoms with van der Waals surface area (Å²) in [6, 6.07) is 10.7. The standard InChI is InChI=1S/C31H46I2/c1-5-8-12-25-33(31-19-17-28(4)18-20-31)27-22-29(7-3)21-26-32(23-6-2)24-13-16-30-14-10-9-11-15-30/h5-7,9-11,13-16,22,28,31H,1-3,8,12,17-21,23-27H2,4H3/b16-13+,29-22-. The van der Waals surface area contributed by atoms with Gasteiger partial charge in [-0.2, -0.15) is 0 Å². The molecular formula is C31H46I2. The van der Waals surface area contributed by atoms with Crippen LogP contribution in [0.25, 0.3) is 6.08 Å². The molecule has 0 spiro atoms. The summed E-state index contributed by atoms with van der Waals surface area (Å²) in [5.41, 5.74) is 2.83. The zero-order chi connectivity index (χ0) is 23.7. The summed E-state index contributed by atoms with van der Waals surface area (Å²) in [5.74, 6) is 0.953. The van der Waals surface area contributed by atoms with E-state index in [2.05, 4.69) is 93.4 Å². The van der Waals surface area contributed by atoms with Gasteiger partial charge in [0.05, 0.1) is 0 Å². The normalized spacial score (nSPS) is 19.8. The third kappa shape index (κ3) is 12.1. The van der Waals surface area contributed by atoms with Crippen LogP contribution >= 0.6 is 39.6 Å². The predicted octanol–water partition coefficient (Wildman–Crippen LogP) is 9.95. The van der Waals surface area contributed by atoms with E-state index in [0.717, 1.165) is 9.84 Å². The molecule has 0 bridgehead atoms. The van der Waals surface area contributed by atoms with Gasteiger partial charge in [0.15, 0.2) is 0 Å². The summed E-state index contributed by atoms with van der Waals surface area (Å²) in [5, 5.41) is 0. The van der Waals surface area contributed by atoms with Crippen LogP contribution in [0, 0.1) is 5.92 Å². The third-order valence-corrected chi connectivity index (χ3v) is 19.5. The molecule has 0 unspecified atom stereocenters. The van der Waals surface area contributed by atoms with E-state index in [0.29, 0.717) is 0 Å². The maximum absolute atomic E-state index is 4.18. The Hall–Kier alpha value is -0.620. The van der Waals surface area contributed by atoms with Crippen LogP contribution < -0.4 is 0 Å². The molecule has 0 nitrogen and oxygen atoms in total. The van der Waals surface area contributed by atoms with Crippen molar-refractivity contribution in [3.05, 3.63) is 91.6 Å². The fourth-order valence-electron chi connectivity index (χ4n) is 4.25. The van der Waals surface area contributed by atoms with Crippen LogP contribution in [0.1, 0.15) is 57.4 Å². The van der Waals surface area contributed by atoms with Crippen LogP contribution in [0.5, 0.6) is 0 Å². The summed E-state index contributed by atoms with van der Waals surface area (Å²) >= 11 is -1.99. The van der Waals surface area contributed by atoms with Crippen LogP contribution in [0.15, 0.2) is 86.0 Å². The van der Waals surface area contributed by atoms with E-state index in [-0.39, 0.29) is 0 Å². The summed E-state index contributed by atoms with van der Waals surface area (Å²) in [7, 11) is 0. The summed E-state index contributed by atoms with van der Waals surface area (Å²) in [6.45, 7) is 14.6. The SMILES string of the molecule is C=CCCCI(C/C=C(/C=C)CCI(CC=C)C/C=C/c1ccccc1)C1CCC(C)CC1. The number of allylic oxidation sites excluding steroid dienone is 6. The number of halogens is 2. The first-order valence-electron chi connectivity index (χ1n) is 12.6. The predicted molar refractivity (Wildman–Crippen MR) is 172 cm³/mol. The first-order valence-corrected chi connectivity index (χ1v) is 21.5. The number of hydrogen-bond acceptors (Lipinski definition) is 0. The molecule has 0 amide bonds. The summed E-state index contributed by atoms with van der Waals surface area (Å²) < 4.78 is 7.87. The van der Waals surface area contributed by atoms with Gasteiger partial charge in [0.25, 0.3) is 0 Å². The van der Waals surface area contributed by atoms with Gasteiger partial charge in [0.1, 0.15) is 0 Å². The Balaban J connectivity index is 1.90. The zero-order valence-corrected chi connectivity index (χ0v) is 25.2. The number of alkyl halides is 6. The van der Waals surface area contributed by atoms with Crippen molar-refractivity contribution in [3.63, 3.8) is 0 Å². The first kappa shape index (κ1) is 28.6. The third-order valence-electron chi connectivity index (χ3n) is 6.36. The van der Waals surface area contributed by atoms with Gasteiger partial charge in [-0.05, 0) is 0 Å². The van der Waals surface area contributed by atoms with Gasteiger partial charge in [-0.1, -0.05) is 0 Å². The van der Waals surface area contributed by atoms with Crippen molar-refractivity contribution in [2.24, 2.45) is 5.92 Å². The molecule has 0 heterocycles. The van der Waals surface area contributed by atoms with Crippen molar-refractivity contribution in [2.75, 3.05) is 22.1 Å². The van der Waals surface area contributed by atoms with E-state index in [1.54, 1.807) is 0 Å². The molecular weight excluding hydrogens is 626 g/mol. The summed E-state index contributed by atoms with van der Waals surface area (Å²) in [4.78, 5) is 0. The first-order chi connectivity index (χ1) is 16.2. The Kier molecular flexibility index (Phi) is 15.4. The van der Waals surface area contributed by atoms with Crippen molar-refractivity contribution in [1.29, 1.82) is 0 Å².